The average molecular weight is 247 g/mol. The minimum Gasteiger partial charge on any atom is -0.335 e. The van der Waals surface area contributed by atoms with E-state index < -0.39 is 0 Å². The number of rotatable bonds is 4. The van der Waals surface area contributed by atoms with Crippen LogP contribution in [0.3, 0.4) is 0 Å². The van der Waals surface area contributed by atoms with Crippen LogP contribution in [0.2, 0.25) is 0 Å². The highest BCUT2D eigenvalue weighted by Gasteiger charge is 2.31. The van der Waals surface area contributed by atoms with E-state index in [-0.39, 0.29) is 17.9 Å². The zero-order chi connectivity index (χ0) is 13.0. The van der Waals surface area contributed by atoms with Crippen molar-refractivity contribution in [3.8, 4) is 0 Å². The molecule has 4 heteroatoms. The first kappa shape index (κ1) is 13.0. The standard InChI is InChI=1S/C14H21N3O/c1-11(4-7-15)14(18)17-10-2-3-13(17)12-5-8-16-9-6-12/h5-6,8-9,11,13H,2-4,7,10,15H2,1H3. The van der Waals surface area contributed by atoms with E-state index in [4.69, 9.17) is 5.73 Å². The molecule has 0 spiro atoms. The number of carbonyl (C=O) groups is 1. The van der Waals surface area contributed by atoms with Crippen molar-refractivity contribution < 1.29 is 4.79 Å². The molecular weight excluding hydrogens is 226 g/mol. The van der Waals surface area contributed by atoms with Gasteiger partial charge in [0.1, 0.15) is 0 Å². The molecule has 2 unspecified atom stereocenters. The van der Waals surface area contributed by atoms with E-state index in [1.807, 2.05) is 24.0 Å². The predicted molar refractivity (Wildman–Crippen MR) is 70.8 cm³/mol. The summed E-state index contributed by atoms with van der Waals surface area (Å²) in [7, 11) is 0. The molecule has 0 aliphatic carbocycles. The van der Waals surface area contributed by atoms with Crippen LogP contribution >= 0.6 is 0 Å². The lowest BCUT2D eigenvalue weighted by molar-refractivity contribution is -0.136. The first-order chi connectivity index (χ1) is 8.74. The van der Waals surface area contributed by atoms with Crippen molar-refractivity contribution >= 4 is 5.91 Å². The number of nitrogens with zero attached hydrogens (tertiary/aromatic N) is 2. The number of pyridine rings is 1. The van der Waals surface area contributed by atoms with Crippen LogP contribution in [0.1, 0.15) is 37.8 Å². The number of hydrogen-bond donors (Lipinski definition) is 1. The number of nitrogens with two attached hydrogens (primary N) is 1. The molecule has 18 heavy (non-hydrogen) atoms. The highest BCUT2D eigenvalue weighted by atomic mass is 16.2. The maximum Gasteiger partial charge on any atom is 0.225 e. The maximum absolute atomic E-state index is 12.4. The molecule has 1 aliphatic heterocycles. The summed E-state index contributed by atoms with van der Waals surface area (Å²) in [5.41, 5.74) is 6.72. The van der Waals surface area contributed by atoms with Gasteiger partial charge < -0.3 is 10.6 Å². The Morgan fingerprint density at radius 1 is 1.56 bits per heavy atom. The van der Waals surface area contributed by atoms with E-state index in [2.05, 4.69) is 4.98 Å². The van der Waals surface area contributed by atoms with Gasteiger partial charge in [0.25, 0.3) is 0 Å². The van der Waals surface area contributed by atoms with Crippen molar-refractivity contribution in [2.45, 2.75) is 32.2 Å². The molecule has 0 radical (unpaired) electrons. The molecule has 4 nitrogen and oxygen atoms in total. The van der Waals surface area contributed by atoms with Gasteiger partial charge in [0, 0.05) is 24.9 Å². The van der Waals surface area contributed by atoms with Crippen LogP contribution in [-0.2, 0) is 4.79 Å². The third-order valence-electron chi connectivity index (χ3n) is 3.65. The second-order valence-corrected chi connectivity index (χ2v) is 4.95. The van der Waals surface area contributed by atoms with Gasteiger partial charge in [-0.15, -0.1) is 0 Å². The van der Waals surface area contributed by atoms with E-state index in [0.717, 1.165) is 25.8 Å². The molecule has 0 bridgehead atoms. The monoisotopic (exact) mass is 247 g/mol. The molecule has 1 fully saturated rings. The van der Waals surface area contributed by atoms with E-state index in [1.54, 1.807) is 12.4 Å². The van der Waals surface area contributed by atoms with Crippen LogP contribution in [0.5, 0.6) is 0 Å². The van der Waals surface area contributed by atoms with Crippen LogP contribution in [0.4, 0.5) is 0 Å². The first-order valence-corrected chi connectivity index (χ1v) is 6.64. The lowest BCUT2D eigenvalue weighted by atomic mass is 10.0. The molecule has 1 aromatic heterocycles. The Labute approximate surface area is 108 Å². The smallest absolute Gasteiger partial charge is 0.225 e. The molecule has 98 valence electrons. The molecule has 2 atom stereocenters. The molecule has 0 aromatic carbocycles. The van der Waals surface area contributed by atoms with Crippen molar-refractivity contribution in [1.82, 2.24) is 9.88 Å². The molecule has 1 aliphatic rings. The van der Waals surface area contributed by atoms with Gasteiger partial charge in [-0.05, 0) is 43.5 Å². The van der Waals surface area contributed by atoms with Crippen LogP contribution in [-0.4, -0.2) is 28.9 Å². The van der Waals surface area contributed by atoms with Crippen LogP contribution in [0.15, 0.2) is 24.5 Å². The molecule has 1 amide bonds. The maximum atomic E-state index is 12.4. The summed E-state index contributed by atoms with van der Waals surface area (Å²) in [5.74, 6) is 0.261. The zero-order valence-corrected chi connectivity index (χ0v) is 10.9. The molecule has 1 saturated heterocycles. The van der Waals surface area contributed by atoms with Gasteiger partial charge in [0.05, 0.1) is 6.04 Å². The number of likely N-dealkylation sites (tertiary alicyclic amines) is 1. The van der Waals surface area contributed by atoms with Gasteiger partial charge in [0.15, 0.2) is 0 Å². The van der Waals surface area contributed by atoms with Gasteiger partial charge in [-0.2, -0.15) is 0 Å². The second-order valence-electron chi connectivity index (χ2n) is 4.95. The Morgan fingerprint density at radius 3 is 2.94 bits per heavy atom. The molecule has 2 N–H and O–H groups in total. The summed E-state index contributed by atoms with van der Waals surface area (Å²) >= 11 is 0. The first-order valence-electron chi connectivity index (χ1n) is 6.64. The van der Waals surface area contributed by atoms with Crippen molar-refractivity contribution in [3.63, 3.8) is 0 Å². The minimum absolute atomic E-state index is 0.0254. The van der Waals surface area contributed by atoms with Crippen molar-refractivity contribution in [2.75, 3.05) is 13.1 Å². The van der Waals surface area contributed by atoms with Crippen LogP contribution < -0.4 is 5.73 Å². The fourth-order valence-corrected chi connectivity index (χ4v) is 2.62. The Balaban J connectivity index is 2.10. The van der Waals surface area contributed by atoms with Gasteiger partial charge in [-0.3, -0.25) is 9.78 Å². The van der Waals surface area contributed by atoms with Crippen molar-refractivity contribution in [1.29, 1.82) is 0 Å². The number of carbonyl (C=O) groups excluding carboxylic acids is 1. The third-order valence-corrected chi connectivity index (χ3v) is 3.65. The predicted octanol–water partition coefficient (Wildman–Crippen LogP) is 1.73. The lowest BCUT2D eigenvalue weighted by Crippen LogP contribution is -2.35. The van der Waals surface area contributed by atoms with Crippen LogP contribution in [0.25, 0.3) is 0 Å². The highest BCUT2D eigenvalue weighted by molar-refractivity contribution is 5.79. The zero-order valence-electron chi connectivity index (χ0n) is 10.9. The van der Waals surface area contributed by atoms with Gasteiger partial charge in [-0.1, -0.05) is 6.92 Å². The summed E-state index contributed by atoms with van der Waals surface area (Å²) < 4.78 is 0. The number of hydrogen-bond acceptors (Lipinski definition) is 3. The van der Waals surface area contributed by atoms with E-state index in [0.29, 0.717) is 6.54 Å². The Bertz CT molecular complexity index is 393. The molecule has 2 heterocycles. The largest absolute Gasteiger partial charge is 0.335 e. The van der Waals surface area contributed by atoms with E-state index in [9.17, 15) is 4.79 Å². The van der Waals surface area contributed by atoms with Crippen molar-refractivity contribution in [3.05, 3.63) is 30.1 Å². The molecule has 1 aromatic rings. The minimum atomic E-state index is 0.0254. The number of aromatic nitrogens is 1. The summed E-state index contributed by atoms with van der Waals surface area (Å²) in [6.45, 7) is 3.40. The van der Waals surface area contributed by atoms with Gasteiger partial charge in [0.2, 0.25) is 5.91 Å². The quantitative estimate of drug-likeness (QED) is 0.881. The topological polar surface area (TPSA) is 59.2 Å². The van der Waals surface area contributed by atoms with Gasteiger partial charge >= 0.3 is 0 Å². The second kappa shape index (κ2) is 5.96. The normalized spacial score (nSPS) is 21.0. The fourth-order valence-electron chi connectivity index (χ4n) is 2.62. The van der Waals surface area contributed by atoms with E-state index >= 15 is 0 Å². The third kappa shape index (κ3) is 2.70. The molecule has 0 saturated carbocycles. The molecular formula is C14H21N3O. The SMILES string of the molecule is CC(CCN)C(=O)N1CCCC1c1ccncc1. The summed E-state index contributed by atoms with van der Waals surface area (Å²) in [6, 6.07) is 4.23. The van der Waals surface area contributed by atoms with Gasteiger partial charge in [-0.25, -0.2) is 0 Å². The summed E-state index contributed by atoms with van der Waals surface area (Å²) in [6.07, 6.45) is 6.47. The Hall–Kier alpha value is -1.42. The Kier molecular flexibility index (Phi) is 4.31. The average Bonchev–Trinajstić information content (AvgIpc) is 2.88. The van der Waals surface area contributed by atoms with Crippen molar-refractivity contribution in [2.24, 2.45) is 11.7 Å². The number of amides is 1. The fraction of sp³-hybridized carbons (Fsp3) is 0.571. The Morgan fingerprint density at radius 2 is 2.28 bits per heavy atom. The summed E-state index contributed by atoms with van der Waals surface area (Å²) in [4.78, 5) is 18.4. The lowest BCUT2D eigenvalue weighted by Gasteiger charge is -2.27. The van der Waals surface area contributed by atoms with E-state index in [1.165, 1.54) is 5.56 Å². The highest BCUT2D eigenvalue weighted by Crippen LogP contribution is 2.32. The summed E-state index contributed by atoms with van der Waals surface area (Å²) in [5, 5.41) is 0. The molecule has 2 rings (SSSR count). The van der Waals surface area contributed by atoms with Crippen LogP contribution in [0, 0.1) is 5.92 Å².